The average Bonchev–Trinajstić information content (AvgIpc) is 3.18. The molecule has 2 heterocycles. The predicted molar refractivity (Wildman–Crippen MR) is 109 cm³/mol. The molecule has 4 rings (SSSR count). The Labute approximate surface area is 160 Å². The second kappa shape index (κ2) is 6.90. The van der Waals surface area contributed by atoms with Gasteiger partial charge in [0.1, 0.15) is 5.75 Å². The Hall–Kier alpha value is -2.70. The van der Waals surface area contributed by atoms with E-state index in [0.29, 0.717) is 10.5 Å². The molecule has 1 aliphatic rings. The fourth-order valence-corrected chi connectivity index (χ4v) is 4.12. The number of hydrogen-bond acceptors (Lipinski definition) is 5. The first-order valence-electron chi connectivity index (χ1n) is 8.06. The molecule has 1 aromatic heterocycles. The number of ether oxygens (including phenoxy) is 1. The van der Waals surface area contributed by atoms with Crippen LogP contribution in [0.4, 0.5) is 5.69 Å². The van der Waals surface area contributed by atoms with Gasteiger partial charge in [0.25, 0.3) is 0 Å². The highest BCUT2D eigenvalue weighted by molar-refractivity contribution is 7.73. The summed E-state index contributed by atoms with van der Waals surface area (Å²) < 4.78 is 7.69. The Kier molecular flexibility index (Phi) is 4.44. The van der Waals surface area contributed by atoms with Crippen LogP contribution in [0.1, 0.15) is 16.0 Å². The zero-order chi connectivity index (χ0) is 18.1. The normalized spacial score (nSPS) is 14.0. The molecular formula is C20H16N2O2S2. The van der Waals surface area contributed by atoms with Gasteiger partial charge in [-0.15, -0.1) is 11.3 Å². The third kappa shape index (κ3) is 3.09. The van der Waals surface area contributed by atoms with Crippen LogP contribution in [0.3, 0.4) is 0 Å². The van der Waals surface area contributed by atoms with E-state index in [1.165, 1.54) is 11.3 Å². The molecule has 0 bridgehead atoms. The number of thiazole rings is 1. The van der Waals surface area contributed by atoms with Gasteiger partial charge in [0.05, 0.1) is 24.2 Å². The summed E-state index contributed by atoms with van der Waals surface area (Å²) in [6.07, 6.45) is 3.72. The van der Waals surface area contributed by atoms with E-state index in [1.54, 1.807) is 17.9 Å². The van der Waals surface area contributed by atoms with E-state index in [4.69, 9.17) is 17.0 Å². The quantitative estimate of drug-likeness (QED) is 0.625. The molecule has 130 valence electrons. The van der Waals surface area contributed by atoms with E-state index in [0.717, 1.165) is 33.0 Å². The lowest BCUT2D eigenvalue weighted by atomic mass is 10.1. The molecule has 1 aliphatic heterocycles. The number of nitrogens with zero attached hydrogens (tertiary/aromatic N) is 2. The minimum Gasteiger partial charge on any atom is -0.497 e. The van der Waals surface area contributed by atoms with Crippen LogP contribution >= 0.6 is 23.6 Å². The van der Waals surface area contributed by atoms with Crippen molar-refractivity contribution in [1.29, 1.82) is 0 Å². The van der Waals surface area contributed by atoms with Crippen molar-refractivity contribution in [2.24, 2.45) is 4.99 Å². The van der Waals surface area contributed by atoms with Gasteiger partial charge in [-0.25, -0.2) is 0 Å². The smallest absolute Gasteiger partial charge is 0.210 e. The fourth-order valence-electron chi connectivity index (χ4n) is 2.86. The average molecular weight is 380 g/mol. The number of methoxy groups -OCH3 is 1. The molecule has 6 heteroatoms. The van der Waals surface area contributed by atoms with Gasteiger partial charge in [0.15, 0.2) is 3.95 Å². The molecule has 0 unspecified atom stereocenters. The highest BCUT2D eigenvalue weighted by atomic mass is 32.1. The SMILES string of the molecule is COc1ccc2c(c1)/C(=C\c1sc(=S)n(Cc3ccccc3)c1O)C=N2. The Morgan fingerprint density at radius 3 is 2.81 bits per heavy atom. The Balaban J connectivity index is 1.71. The summed E-state index contributed by atoms with van der Waals surface area (Å²) in [4.78, 5) is 5.15. The maximum absolute atomic E-state index is 10.7. The van der Waals surface area contributed by atoms with Crippen LogP contribution in [0, 0.1) is 3.95 Å². The first kappa shape index (κ1) is 16.8. The summed E-state index contributed by atoms with van der Waals surface area (Å²) in [6.45, 7) is 0.545. The maximum Gasteiger partial charge on any atom is 0.210 e. The Morgan fingerprint density at radius 1 is 1.23 bits per heavy atom. The molecule has 0 aliphatic carbocycles. The second-order valence-electron chi connectivity index (χ2n) is 5.87. The van der Waals surface area contributed by atoms with Gasteiger partial charge in [-0.2, -0.15) is 0 Å². The summed E-state index contributed by atoms with van der Waals surface area (Å²) >= 11 is 6.85. The van der Waals surface area contributed by atoms with Crippen LogP contribution in [-0.4, -0.2) is 23.0 Å². The van der Waals surface area contributed by atoms with Gasteiger partial charge in [0, 0.05) is 17.4 Å². The van der Waals surface area contributed by atoms with Crippen LogP contribution in [0.2, 0.25) is 0 Å². The number of fused-ring (bicyclic) bond motifs is 1. The molecule has 2 aromatic carbocycles. The molecule has 3 aromatic rings. The lowest BCUT2D eigenvalue weighted by molar-refractivity contribution is 0.415. The molecule has 0 atom stereocenters. The zero-order valence-corrected chi connectivity index (χ0v) is 15.7. The summed E-state index contributed by atoms with van der Waals surface area (Å²) in [5, 5.41) is 10.7. The standard InChI is InChI=1S/C20H16N2O2S2/c1-24-15-7-8-17-16(10-15)14(11-21-17)9-18-19(23)22(20(25)26-18)12-13-5-3-2-4-6-13/h2-11,23H,12H2,1H3/b14-9-. The van der Waals surface area contributed by atoms with Gasteiger partial charge < -0.3 is 9.84 Å². The minimum absolute atomic E-state index is 0.182. The topological polar surface area (TPSA) is 46.8 Å². The number of rotatable bonds is 4. The third-order valence-electron chi connectivity index (χ3n) is 4.22. The van der Waals surface area contributed by atoms with Crippen molar-refractivity contribution in [3.63, 3.8) is 0 Å². The van der Waals surface area contributed by atoms with Crippen LogP contribution in [-0.2, 0) is 6.54 Å². The summed E-state index contributed by atoms with van der Waals surface area (Å²) in [6, 6.07) is 15.7. The fraction of sp³-hybridized carbons (Fsp3) is 0.100. The zero-order valence-electron chi connectivity index (χ0n) is 14.0. The third-order valence-corrected chi connectivity index (χ3v) is 5.61. The van der Waals surface area contributed by atoms with Gasteiger partial charge in [0.2, 0.25) is 5.88 Å². The highest BCUT2D eigenvalue weighted by Crippen LogP contribution is 2.37. The summed E-state index contributed by atoms with van der Waals surface area (Å²) in [5.41, 5.74) is 3.90. The molecular weight excluding hydrogens is 364 g/mol. The minimum atomic E-state index is 0.182. The predicted octanol–water partition coefficient (Wildman–Crippen LogP) is 5.30. The molecule has 0 fully saturated rings. The molecule has 0 radical (unpaired) electrons. The van der Waals surface area contributed by atoms with Crippen molar-refractivity contribution < 1.29 is 9.84 Å². The molecule has 0 amide bonds. The van der Waals surface area contributed by atoms with Gasteiger partial charge >= 0.3 is 0 Å². The van der Waals surface area contributed by atoms with Crippen molar-refractivity contribution in [1.82, 2.24) is 4.57 Å². The van der Waals surface area contributed by atoms with E-state index in [2.05, 4.69) is 4.99 Å². The molecule has 0 saturated carbocycles. The van der Waals surface area contributed by atoms with Crippen molar-refractivity contribution in [2.75, 3.05) is 7.11 Å². The van der Waals surface area contributed by atoms with Crippen LogP contribution in [0.5, 0.6) is 11.6 Å². The Bertz CT molecular complexity index is 1080. The van der Waals surface area contributed by atoms with Crippen LogP contribution in [0.15, 0.2) is 53.5 Å². The molecule has 1 N–H and O–H groups in total. The van der Waals surface area contributed by atoms with Gasteiger partial charge in [-0.3, -0.25) is 9.56 Å². The maximum atomic E-state index is 10.7. The first-order chi connectivity index (χ1) is 12.7. The summed E-state index contributed by atoms with van der Waals surface area (Å²) in [7, 11) is 1.64. The first-order valence-corrected chi connectivity index (χ1v) is 9.29. The lowest BCUT2D eigenvalue weighted by Gasteiger charge is -2.05. The molecule has 4 nitrogen and oxygen atoms in total. The highest BCUT2D eigenvalue weighted by Gasteiger charge is 2.16. The van der Waals surface area contributed by atoms with E-state index in [9.17, 15) is 5.11 Å². The lowest BCUT2D eigenvalue weighted by Crippen LogP contribution is -1.98. The second-order valence-corrected chi connectivity index (χ2v) is 7.54. The van der Waals surface area contributed by atoms with Crippen molar-refractivity contribution in [3.8, 4) is 11.6 Å². The molecule has 0 spiro atoms. The van der Waals surface area contributed by atoms with Crippen molar-refractivity contribution >= 4 is 47.1 Å². The molecule has 26 heavy (non-hydrogen) atoms. The number of benzene rings is 2. The monoisotopic (exact) mass is 380 g/mol. The van der Waals surface area contributed by atoms with E-state index >= 15 is 0 Å². The summed E-state index contributed by atoms with van der Waals surface area (Å²) in [5.74, 6) is 0.958. The van der Waals surface area contributed by atoms with E-state index in [1.807, 2.05) is 54.6 Å². The van der Waals surface area contributed by atoms with Crippen LogP contribution in [0.25, 0.3) is 11.6 Å². The number of aromatic hydroxyl groups is 1. The number of aliphatic imine (C=N–C) groups is 1. The van der Waals surface area contributed by atoms with Gasteiger partial charge in [-0.1, -0.05) is 30.3 Å². The van der Waals surface area contributed by atoms with E-state index < -0.39 is 0 Å². The van der Waals surface area contributed by atoms with Crippen molar-refractivity contribution in [3.05, 3.63) is 68.5 Å². The Morgan fingerprint density at radius 2 is 2.04 bits per heavy atom. The number of hydrogen-bond donors (Lipinski definition) is 1. The molecule has 0 saturated heterocycles. The van der Waals surface area contributed by atoms with E-state index in [-0.39, 0.29) is 5.88 Å². The van der Waals surface area contributed by atoms with Gasteiger partial charge in [-0.05, 0) is 42.1 Å². The largest absolute Gasteiger partial charge is 0.497 e. The van der Waals surface area contributed by atoms with Crippen molar-refractivity contribution in [2.45, 2.75) is 6.54 Å². The van der Waals surface area contributed by atoms with Crippen LogP contribution < -0.4 is 4.74 Å². The number of allylic oxidation sites excluding steroid dienone is 1. The number of aromatic nitrogens is 1.